The van der Waals surface area contributed by atoms with Gasteiger partial charge >= 0.3 is 0 Å². The van der Waals surface area contributed by atoms with Gasteiger partial charge in [-0.2, -0.15) is 8.42 Å². The molecular weight excluding hydrogens is 440 g/mol. The second-order valence-electron chi connectivity index (χ2n) is 7.09. The van der Waals surface area contributed by atoms with Crippen molar-refractivity contribution in [3.8, 4) is 5.75 Å². The normalized spacial score (nSPS) is 11.2. The average molecular weight is 463 g/mol. The standard InChI is InChI=1S/C25H22N2O5S/c1-31-20-12-8-9-18(17-20)25(28)26-23-15-16-24(22-14-7-6-13-21(22)23)33(29,30)27(32-2)19-10-4-3-5-11-19/h3-17H,1-2H3,(H,26,28). The Bertz CT molecular complexity index is 1410. The lowest BCUT2D eigenvalue weighted by molar-refractivity contribution is 0.102. The van der Waals surface area contributed by atoms with Gasteiger partial charge in [0.15, 0.2) is 0 Å². The molecule has 0 saturated heterocycles. The van der Waals surface area contributed by atoms with Crippen LogP contribution in [0, 0.1) is 0 Å². The van der Waals surface area contributed by atoms with Crippen LogP contribution < -0.4 is 14.5 Å². The SMILES string of the molecule is COc1cccc(C(=O)Nc2ccc(S(=O)(=O)N(OC)c3ccccc3)c3ccccc23)c1. The molecule has 33 heavy (non-hydrogen) atoms. The molecule has 4 rings (SSSR count). The first-order valence-electron chi connectivity index (χ1n) is 10.1. The maximum absolute atomic E-state index is 13.5. The van der Waals surface area contributed by atoms with Gasteiger partial charge in [0.05, 0.1) is 24.8 Å². The number of anilines is 2. The summed E-state index contributed by atoms with van der Waals surface area (Å²) in [5.41, 5.74) is 1.28. The van der Waals surface area contributed by atoms with Crippen molar-refractivity contribution in [3.05, 3.63) is 96.6 Å². The van der Waals surface area contributed by atoms with Gasteiger partial charge in [0.1, 0.15) is 5.75 Å². The molecule has 0 aliphatic heterocycles. The molecule has 0 unspecified atom stereocenters. The lowest BCUT2D eigenvalue weighted by Crippen LogP contribution is -2.30. The lowest BCUT2D eigenvalue weighted by atomic mass is 10.1. The monoisotopic (exact) mass is 462 g/mol. The number of fused-ring (bicyclic) bond motifs is 1. The Morgan fingerprint density at radius 1 is 0.818 bits per heavy atom. The minimum absolute atomic E-state index is 0.0585. The van der Waals surface area contributed by atoms with Crippen LogP contribution in [0.4, 0.5) is 11.4 Å². The second-order valence-corrected chi connectivity index (χ2v) is 8.81. The average Bonchev–Trinajstić information content (AvgIpc) is 2.85. The first kappa shape index (κ1) is 22.3. The van der Waals surface area contributed by atoms with E-state index in [0.717, 1.165) is 4.47 Å². The fourth-order valence-corrected chi connectivity index (χ4v) is 5.02. The van der Waals surface area contributed by atoms with Crippen LogP contribution in [0.2, 0.25) is 0 Å². The van der Waals surface area contributed by atoms with E-state index in [9.17, 15) is 13.2 Å². The van der Waals surface area contributed by atoms with Crippen LogP contribution in [0.1, 0.15) is 10.4 Å². The van der Waals surface area contributed by atoms with Gasteiger partial charge in [-0.25, -0.2) is 0 Å². The van der Waals surface area contributed by atoms with E-state index in [-0.39, 0.29) is 10.8 Å². The zero-order valence-corrected chi connectivity index (χ0v) is 18.9. The van der Waals surface area contributed by atoms with Crippen molar-refractivity contribution in [3.63, 3.8) is 0 Å². The first-order chi connectivity index (χ1) is 16.0. The summed E-state index contributed by atoms with van der Waals surface area (Å²) in [7, 11) is -1.22. The smallest absolute Gasteiger partial charge is 0.287 e. The van der Waals surface area contributed by atoms with Gasteiger partial charge in [0.2, 0.25) is 0 Å². The summed E-state index contributed by atoms with van der Waals surface area (Å²) in [6.07, 6.45) is 0. The summed E-state index contributed by atoms with van der Waals surface area (Å²) < 4.78 is 33.1. The highest BCUT2D eigenvalue weighted by atomic mass is 32.2. The number of sulfonamides is 1. The largest absolute Gasteiger partial charge is 0.497 e. The molecule has 168 valence electrons. The van der Waals surface area contributed by atoms with Crippen LogP contribution in [0.15, 0.2) is 95.9 Å². The molecule has 4 aromatic rings. The molecule has 0 saturated carbocycles. The predicted molar refractivity (Wildman–Crippen MR) is 128 cm³/mol. The number of nitrogens with one attached hydrogen (secondary N) is 1. The van der Waals surface area contributed by atoms with Crippen LogP contribution in [0.5, 0.6) is 5.75 Å². The van der Waals surface area contributed by atoms with E-state index >= 15 is 0 Å². The molecule has 0 radical (unpaired) electrons. The third-order valence-electron chi connectivity index (χ3n) is 5.09. The zero-order valence-electron chi connectivity index (χ0n) is 18.1. The van der Waals surface area contributed by atoms with Crippen LogP contribution in [-0.4, -0.2) is 28.5 Å². The number of rotatable bonds is 7. The number of carbonyl (C=O) groups is 1. The molecule has 0 fully saturated rings. The summed E-state index contributed by atoms with van der Waals surface area (Å²) >= 11 is 0. The Hall–Kier alpha value is -3.88. The van der Waals surface area contributed by atoms with Crippen molar-refractivity contribution in [1.82, 2.24) is 0 Å². The molecular formula is C25H22N2O5S. The summed E-state index contributed by atoms with van der Waals surface area (Å²) in [5, 5.41) is 3.91. The number of hydrogen-bond acceptors (Lipinski definition) is 5. The molecule has 0 bridgehead atoms. The highest BCUT2D eigenvalue weighted by Crippen LogP contribution is 2.33. The van der Waals surface area contributed by atoms with Crippen LogP contribution in [-0.2, 0) is 14.9 Å². The molecule has 4 aromatic carbocycles. The number of methoxy groups -OCH3 is 1. The summed E-state index contributed by atoms with van der Waals surface area (Å²) in [6, 6.07) is 25.3. The van der Waals surface area contributed by atoms with Crippen molar-refractivity contribution in [1.29, 1.82) is 0 Å². The van der Waals surface area contributed by atoms with E-state index < -0.39 is 10.0 Å². The van der Waals surface area contributed by atoms with Crippen molar-refractivity contribution in [2.24, 2.45) is 0 Å². The van der Waals surface area contributed by atoms with Gasteiger partial charge in [0, 0.05) is 22.0 Å². The van der Waals surface area contributed by atoms with Gasteiger partial charge in [-0.05, 0) is 42.5 Å². The molecule has 0 heterocycles. The molecule has 1 amide bonds. The maximum atomic E-state index is 13.5. The number of ether oxygens (including phenoxy) is 1. The molecule has 0 spiro atoms. The van der Waals surface area contributed by atoms with Crippen LogP contribution in [0.25, 0.3) is 10.8 Å². The topological polar surface area (TPSA) is 84.9 Å². The fraction of sp³-hybridized carbons (Fsp3) is 0.0800. The van der Waals surface area contributed by atoms with Gasteiger partial charge in [-0.3, -0.25) is 9.63 Å². The van der Waals surface area contributed by atoms with E-state index in [1.807, 2.05) is 0 Å². The molecule has 0 aromatic heterocycles. The Kier molecular flexibility index (Phi) is 6.30. The number of nitrogens with zero attached hydrogens (tertiary/aromatic N) is 1. The van der Waals surface area contributed by atoms with Gasteiger partial charge < -0.3 is 10.1 Å². The number of para-hydroxylation sites is 1. The number of carbonyl (C=O) groups excluding carboxylic acids is 1. The molecule has 7 nitrogen and oxygen atoms in total. The molecule has 0 aliphatic rings. The van der Waals surface area contributed by atoms with E-state index in [0.29, 0.717) is 33.5 Å². The minimum atomic E-state index is -4.06. The highest BCUT2D eigenvalue weighted by Gasteiger charge is 2.28. The van der Waals surface area contributed by atoms with Crippen LogP contribution >= 0.6 is 0 Å². The van der Waals surface area contributed by atoms with Crippen molar-refractivity contribution in [2.45, 2.75) is 4.90 Å². The fourth-order valence-electron chi connectivity index (χ4n) is 3.55. The quantitative estimate of drug-likeness (QED) is 0.397. The Morgan fingerprint density at radius 2 is 1.52 bits per heavy atom. The van der Waals surface area contributed by atoms with Gasteiger partial charge in [0.25, 0.3) is 15.9 Å². The van der Waals surface area contributed by atoms with Crippen molar-refractivity contribution >= 4 is 38.1 Å². The summed E-state index contributed by atoms with van der Waals surface area (Å²) in [4.78, 5) is 18.1. The third-order valence-corrected chi connectivity index (χ3v) is 6.80. The number of hydrogen-bond donors (Lipinski definition) is 1. The molecule has 0 aliphatic carbocycles. The van der Waals surface area contributed by atoms with Gasteiger partial charge in [-0.1, -0.05) is 48.5 Å². The maximum Gasteiger partial charge on any atom is 0.287 e. The van der Waals surface area contributed by atoms with E-state index in [2.05, 4.69) is 5.32 Å². The minimum Gasteiger partial charge on any atom is -0.497 e. The molecule has 8 heteroatoms. The van der Waals surface area contributed by atoms with E-state index in [1.54, 1.807) is 84.9 Å². The number of benzene rings is 4. The van der Waals surface area contributed by atoms with Crippen LogP contribution in [0.3, 0.4) is 0 Å². The highest BCUT2D eigenvalue weighted by molar-refractivity contribution is 7.92. The summed E-state index contributed by atoms with van der Waals surface area (Å²) in [6.45, 7) is 0. The van der Waals surface area contributed by atoms with E-state index in [4.69, 9.17) is 9.57 Å². The summed E-state index contributed by atoms with van der Waals surface area (Å²) in [5.74, 6) is 0.229. The Balaban J connectivity index is 1.76. The predicted octanol–water partition coefficient (Wildman–Crippen LogP) is 4.86. The third kappa shape index (κ3) is 4.39. The molecule has 1 N–H and O–H groups in total. The van der Waals surface area contributed by atoms with Crippen molar-refractivity contribution < 1.29 is 22.8 Å². The zero-order chi connectivity index (χ0) is 23.4. The van der Waals surface area contributed by atoms with Gasteiger partial charge in [-0.15, -0.1) is 4.47 Å². The van der Waals surface area contributed by atoms with E-state index in [1.165, 1.54) is 20.3 Å². The Labute approximate surface area is 192 Å². The lowest BCUT2D eigenvalue weighted by Gasteiger charge is -2.22. The van der Waals surface area contributed by atoms with Crippen molar-refractivity contribution in [2.75, 3.05) is 24.0 Å². The number of amides is 1. The Morgan fingerprint density at radius 3 is 2.21 bits per heavy atom. The first-order valence-corrected chi connectivity index (χ1v) is 11.5. The molecule has 0 atom stereocenters. The second kappa shape index (κ2) is 9.32.